The van der Waals surface area contributed by atoms with Crippen LogP contribution in [0.5, 0.6) is 0 Å². The number of hydrogen-bond donors (Lipinski definition) is 0. The van der Waals surface area contributed by atoms with E-state index < -0.39 is 6.23 Å². The Morgan fingerprint density at radius 1 is 0.800 bits per heavy atom. The van der Waals surface area contributed by atoms with E-state index in [-0.39, 0.29) is 5.97 Å². The molecule has 0 saturated carbocycles. The highest BCUT2D eigenvalue weighted by Gasteiger charge is 2.26. The third kappa shape index (κ3) is 3.22. The average Bonchev–Trinajstić information content (AvgIpc) is 2.67. The van der Waals surface area contributed by atoms with E-state index in [1.54, 1.807) is 6.07 Å². The van der Waals surface area contributed by atoms with Crippen molar-refractivity contribution >= 4 is 11.7 Å². The fraction of sp³-hybridized carbons (Fsp3) is 0.0909. The second-order valence-electron chi connectivity index (χ2n) is 5.93. The van der Waals surface area contributed by atoms with E-state index >= 15 is 0 Å². The molecular weight excluding hydrogens is 310 g/mol. The van der Waals surface area contributed by atoms with Crippen molar-refractivity contribution in [2.45, 2.75) is 12.6 Å². The van der Waals surface area contributed by atoms with Crippen molar-refractivity contribution in [2.75, 3.05) is 0 Å². The van der Waals surface area contributed by atoms with Crippen LogP contribution in [0.15, 0.2) is 89.9 Å². The Balaban J connectivity index is 1.75. The van der Waals surface area contributed by atoms with Crippen LogP contribution in [0.25, 0.3) is 0 Å². The standard InChI is InChI=1S/C22H17NO2/c24-22-19-14-8-7-13-18(19)15-20(25-22)23-21(16-9-3-1-4-10-16)17-11-5-2-6-12-17/h1-14,20H,15H2. The van der Waals surface area contributed by atoms with Gasteiger partial charge in [0.1, 0.15) is 0 Å². The van der Waals surface area contributed by atoms with Gasteiger partial charge in [0.25, 0.3) is 0 Å². The van der Waals surface area contributed by atoms with Crippen molar-refractivity contribution < 1.29 is 9.53 Å². The van der Waals surface area contributed by atoms with Crippen molar-refractivity contribution in [3.8, 4) is 0 Å². The van der Waals surface area contributed by atoms with Gasteiger partial charge in [-0.1, -0.05) is 78.9 Å². The van der Waals surface area contributed by atoms with Gasteiger partial charge >= 0.3 is 5.97 Å². The zero-order chi connectivity index (χ0) is 17.1. The Morgan fingerprint density at radius 2 is 1.36 bits per heavy atom. The predicted molar refractivity (Wildman–Crippen MR) is 97.9 cm³/mol. The van der Waals surface area contributed by atoms with Crippen molar-refractivity contribution in [1.82, 2.24) is 0 Å². The van der Waals surface area contributed by atoms with E-state index in [1.165, 1.54) is 0 Å². The summed E-state index contributed by atoms with van der Waals surface area (Å²) < 4.78 is 5.56. The second-order valence-corrected chi connectivity index (χ2v) is 5.93. The van der Waals surface area contributed by atoms with E-state index in [9.17, 15) is 4.79 Å². The van der Waals surface area contributed by atoms with Gasteiger partial charge in [0.15, 0.2) is 6.23 Å². The SMILES string of the molecule is O=C1OC(N=C(c2ccccc2)c2ccccc2)Cc2ccccc21. The zero-order valence-corrected chi connectivity index (χ0v) is 13.6. The number of carbonyl (C=O) groups is 1. The van der Waals surface area contributed by atoms with Gasteiger partial charge in [0.05, 0.1) is 11.3 Å². The molecule has 3 nitrogen and oxygen atoms in total. The summed E-state index contributed by atoms with van der Waals surface area (Å²) in [5, 5.41) is 0. The van der Waals surface area contributed by atoms with Gasteiger partial charge in [-0.05, 0) is 11.6 Å². The smallest absolute Gasteiger partial charge is 0.340 e. The molecule has 0 aliphatic carbocycles. The molecular formula is C22H17NO2. The number of esters is 1. The molecule has 122 valence electrons. The number of fused-ring (bicyclic) bond motifs is 1. The van der Waals surface area contributed by atoms with Crippen LogP contribution < -0.4 is 0 Å². The molecule has 0 spiro atoms. The summed E-state index contributed by atoms with van der Waals surface area (Å²) in [7, 11) is 0. The fourth-order valence-electron chi connectivity index (χ4n) is 3.04. The van der Waals surface area contributed by atoms with Gasteiger partial charge in [0, 0.05) is 17.5 Å². The van der Waals surface area contributed by atoms with Crippen LogP contribution in [-0.2, 0) is 11.2 Å². The quantitative estimate of drug-likeness (QED) is 0.532. The van der Waals surface area contributed by atoms with Gasteiger partial charge in [0.2, 0.25) is 0 Å². The molecule has 0 aromatic heterocycles. The Kier molecular flexibility index (Phi) is 4.13. The lowest BCUT2D eigenvalue weighted by molar-refractivity contribution is 0.0280. The van der Waals surface area contributed by atoms with Gasteiger partial charge in [-0.2, -0.15) is 0 Å². The molecule has 0 radical (unpaired) electrons. The third-order valence-electron chi connectivity index (χ3n) is 4.24. The Hall–Kier alpha value is -3.20. The maximum Gasteiger partial charge on any atom is 0.340 e. The molecule has 0 fully saturated rings. The Labute approximate surface area is 146 Å². The number of carbonyl (C=O) groups excluding carboxylic acids is 1. The molecule has 1 aliphatic heterocycles. The highest BCUT2D eigenvalue weighted by Crippen LogP contribution is 2.22. The van der Waals surface area contributed by atoms with Crippen LogP contribution in [0.2, 0.25) is 0 Å². The summed E-state index contributed by atoms with van der Waals surface area (Å²) in [5.41, 5.74) is 4.45. The predicted octanol–water partition coefficient (Wildman–Crippen LogP) is 4.26. The average molecular weight is 327 g/mol. The first-order chi connectivity index (χ1) is 12.3. The normalized spacial score (nSPS) is 15.8. The summed E-state index contributed by atoms with van der Waals surface area (Å²) in [5.74, 6) is -0.309. The summed E-state index contributed by atoms with van der Waals surface area (Å²) in [6.45, 7) is 0. The molecule has 0 N–H and O–H groups in total. The molecule has 25 heavy (non-hydrogen) atoms. The summed E-state index contributed by atoms with van der Waals surface area (Å²) >= 11 is 0. The summed E-state index contributed by atoms with van der Waals surface area (Å²) in [6, 6.07) is 27.5. The molecule has 1 heterocycles. The number of benzene rings is 3. The summed E-state index contributed by atoms with van der Waals surface area (Å²) in [6.07, 6.45) is 0.0725. The van der Waals surface area contributed by atoms with Crippen molar-refractivity contribution in [3.63, 3.8) is 0 Å². The van der Waals surface area contributed by atoms with Gasteiger partial charge in [-0.15, -0.1) is 0 Å². The highest BCUT2D eigenvalue weighted by atomic mass is 16.6. The molecule has 4 rings (SSSR count). The number of nitrogens with zero attached hydrogens (tertiary/aromatic N) is 1. The van der Waals surface area contributed by atoms with E-state index in [1.807, 2.05) is 78.9 Å². The van der Waals surface area contributed by atoms with Crippen LogP contribution >= 0.6 is 0 Å². The molecule has 3 aromatic carbocycles. The Morgan fingerprint density at radius 3 is 2.00 bits per heavy atom. The van der Waals surface area contributed by atoms with Crippen LogP contribution in [-0.4, -0.2) is 17.9 Å². The van der Waals surface area contributed by atoms with Crippen LogP contribution in [0.4, 0.5) is 0 Å². The fourth-order valence-corrected chi connectivity index (χ4v) is 3.04. The maximum atomic E-state index is 12.3. The first-order valence-electron chi connectivity index (χ1n) is 8.29. The lowest BCUT2D eigenvalue weighted by atomic mass is 10.00. The van der Waals surface area contributed by atoms with Gasteiger partial charge < -0.3 is 4.74 Å². The topological polar surface area (TPSA) is 38.7 Å². The molecule has 1 atom stereocenters. The number of rotatable bonds is 3. The maximum absolute atomic E-state index is 12.3. The molecule has 1 unspecified atom stereocenters. The molecule has 0 saturated heterocycles. The minimum atomic E-state index is -0.516. The van der Waals surface area contributed by atoms with Gasteiger partial charge in [-0.3, -0.25) is 0 Å². The lowest BCUT2D eigenvalue weighted by Gasteiger charge is -2.22. The number of aliphatic imine (C=N–C) groups is 1. The van der Waals surface area contributed by atoms with Crippen molar-refractivity contribution in [2.24, 2.45) is 4.99 Å². The number of cyclic esters (lactones) is 1. The number of hydrogen-bond acceptors (Lipinski definition) is 3. The third-order valence-corrected chi connectivity index (χ3v) is 4.24. The van der Waals surface area contributed by atoms with Crippen molar-refractivity contribution in [1.29, 1.82) is 0 Å². The minimum Gasteiger partial charge on any atom is -0.436 e. The van der Waals surface area contributed by atoms with Crippen LogP contribution in [0, 0.1) is 0 Å². The van der Waals surface area contributed by atoms with E-state index in [0.717, 1.165) is 22.4 Å². The molecule has 3 heteroatoms. The number of ether oxygens (including phenoxy) is 1. The van der Waals surface area contributed by atoms with E-state index in [4.69, 9.17) is 9.73 Å². The second kappa shape index (κ2) is 6.73. The lowest BCUT2D eigenvalue weighted by Crippen LogP contribution is -2.27. The minimum absolute atomic E-state index is 0.309. The van der Waals surface area contributed by atoms with Crippen LogP contribution in [0.3, 0.4) is 0 Å². The largest absolute Gasteiger partial charge is 0.436 e. The molecule has 0 bridgehead atoms. The molecule has 1 aliphatic rings. The molecule has 0 amide bonds. The van der Waals surface area contributed by atoms with Crippen molar-refractivity contribution in [3.05, 3.63) is 107 Å². The van der Waals surface area contributed by atoms with Crippen LogP contribution in [0.1, 0.15) is 27.0 Å². The zero-order valence-electron chi connectivity index (χ0n) is 13.6. The molecule has 3 aromatic rings. The summed E-state index contributed by atoms with van der Waals surface area (Å²) in [4.78, 5) is 17.1. The first-order valence-corrected chi connectivity index (χ1v) is 8.29. The van der Waals surface area contributed by atoms with E-state index in [0.29, 0.717) is 12.0 Å². The Bertz CT molecular complexity index is 876. The van der Waals surface area contributed by atoms with E-state index in [2.05, 4.69) is 0 Å². The van der Waals surface area contributed by atoms with Gasteiger partial charge in [-0.25, -0.2) is 9.79 Å². The highest BCUT2D eigenvalue weighted by molar-refractivity contribution is 6.13. The monoisotopic (exact) mass is 327 g/mol. The first kappa shape index (κ1) is 15.3.